The van der Waals surface area contributed by atoms with Crippen LogP contribution in [-0.4, -0.2) is 9.67 Å². The topological polar surface area (TPSA) is 90.7 Å². The van der Waals surface area contributed by atoms with Crippen molar-refractivity contribution in [2.75, 3.05) is 0 Å². The number of aryl methyl sites for hydroxylation is 1. The molecule has 0 fully saturated rings. The lowest BCUT2D eigenvalue weighted by Crippen LogP contribution is -2.22. The fourth-order valence-corrected chi connectivity index (χ4v) is 2.30. The molecule has 1 heterocycles. The fourth-order valence-electron chi connectivity index (χ4n) is 2.30. The highest BCUT2D eigenvalue weighted by Crippen LogP contribution is 2.27. The number of nitrogens with zero attached hydrogens (tertiary/aromatic N) is 4. The number of pyridine rings is 1. The summed E-state index contributed by atoms with van der Waals surface area (Å²) in [6, 6.07) is 9.35. The van der Waals surface area contributed by atoms with Gasteiger partial charge >= 0.3 is 0 Å². The monoisotopic (exact) mass is 324 g/mol. The Morgan fingerprint density at radius 2 is 1.88 bits per heavy atom. The summed E-state index contributed by atoms with van der Waals surface area (Å²) in [5, 5.41) is 27.6. The molecule has 24 heavy (non-hydrogen) atoms. The second-order valence-electron chi connectivity index (χ2n) is 5.63. The first-order valence-corrected chi connectivity index (χ1v) is 7.84. The average molecular weight is 324 g/mol. The van der Waals surface area contributed by atoms with Crippen LogP contribution in [0.4, 0.5) is 11.4 Å². The van der Waals surface area contributed by atoms with Crippen molar-refractivity contribution in [2.24, 2.45) is 10.2 Å². The predicted octanol–water partition coefficient (Wildman–Crippen LogP) is 4.26. The molecule has 0 aliphatic carbocycles. The van der Waals surface area contributed by atoms with Gasteiger partial charge in [0, 0.05) is 12.1 Å². The lowest BCUT2D eigenvalue weighted by Gasteiger charge is -2.12. The van der Waals surface area contributed by atoms with Crippen LogP contribution in [0, 0.1) is 25.2 Å². The van der Waals surface area contributed by atoms with Gasteiger partial charge in [-0.3, -0.25) is 9.36 Å². The van der Waals surface area contributed by atoms with Crippen LogP contribution < -0.4 is 5.56 Å². The van der Waals surface area contributed by atoms with Crippen molar-refractivity contribution in [3.8, 4) is 11.9 Å². The Kier molecular flexibility index (Phi) is 5.48. The first-order chi connectivity index (χ1) is 11.5. The summed E-state index contributed by atoms with van der Waals surface area (Å²) in [5.41, 5.74) is 1.76. The standard InChI is InChI=1S/C18H20N4O2/c1-4-5-10-22-17(23)15(11-19)13(3)16(18(22)24)21-20-14-8-6-12(2)7-9-14/h6-9,23H,4-5,10H2,1-3H3. The second kappa shape index (κ2) is 7.55. The van der Waals surface area contributed by atoms with Crippen LogP contribution in [0.25, 0.3) is 0 Å². The molecular formula is C18H20N4O2. The summed E-state index contributed by atoms with van der Waals surface area (Å²) < 4.78 is 1.19. The van der Waals surface area contributed by atoms with E-state index in [-0.39, 0.29) is 17.1 Å². The highest BCUT2D eigenvalue weighted by molar-refractivity contribution is 5.56. The lowest BCUT2D eigenvalue weighted by molar-refractivity contribution is 0.399. The SMILES string of the molecule is CCCCn1c(O)c(C#N)c(C)c(N=Nc2ccc(C)cc2)c1=O. The van der Waals surface area contributed by atoms with Gasteiger partial charge in [0.2, 0.25) is 5.88 Å². The van der Waals surface area contributed by atoms with E-state index in [1.54, 1.807) is 19.1 Å². The number of aromatic nitrogens is 1. The molecule has 0 spiro atoms. The van der Waals surface area contributed by atoms with Crippen molar-refractivity contribution in [2.45, 2.75) is 40.2 Å². The van der Waals surface area contributed by atoms with E-state index in [9.17, 15) is 15.2 Å². The van der Waals surface area contributed by atoms with E-state index >= 15 is 0 Å². The maximum atomic E-state index is 12.6. The summed E-state index contributed by atoms with van der Waals surface area (Å²) in [5.74, 6) is -0.303. The number of azo groups is 1. The molecule has 0 radical (unpaired) electrons. The van der Waals surface area contributed by atoms with Gasteiger partial charge in [0.05, 0.1) is 5.69 Å². The molecule has 124 valence electrons. The van der Waals surface area contributed by atoms with Crippen molar-refractivity contribution in [3.63, 3.8) is 0 Å². The molecule has 1 N–H and O–H groups in total. The van der Waals surface area contributed by atoms with E-state index in [4.69, 9.17) is 0 Å². The molecule has 0 bridgehead atoms. The zero-order valence-corrected chi connectivity index (χ0v) is 14.1. The molecule has 0 amide bonds. The summed E-state index contributed by atoms with van der Waals surface area (Å²) in [6.45, 7) is 5.88. The molecule has 0 saturated heterocycles. The van der Waals surface area contributed by atoms with E-state index in [1.807, 2.05) is 32.0 Å². The number of unbranched alkanes of at least 4 members (excludes halogenated alkanes) is 1. The van der Waals surface area contributed by atoms with Gasteiger partial charge < -0.3 is 5.11 Å². The second-order valence-corrected chi connectivity index (χ2v) is 5.63. The minimum absolute atomic E-state index is 0.0589. The van der Waals surface area contributed by atoms with Gasteiger partial charge in [-0.15, -0.1) is 5.11 Å². The summed E-state index contributed by atoms with van der Waals surface area (Å²) >= 11 is 0. The third kappa shape index (κ3) is 3.51. The van der Waals surface area contributed by atoms with E-state index < -0.39 is 5.56 Å². The molecule has 0 aliphatic rings. The van der Waals surface area contributed by atoms with E-state index in [0.717, 1.165) is 18.4 Å². The largest absolute Gasteiger partial charge is 0.493 e. The summed E-state index contributed by atoms with van der Waals surface area (Å²) in [6.07, 6.45) is 1.58. The van der Waals surface area contributed by atoms with Gasteiger partial charge in [-0.1, -0.05) is 31.0 Å². The lowest BCUT2D eigenvalue weighted by atomic mass is 10.1. The molecule has 2 rings (SSSR count). The van der Waals surface area contributed by atoms with Gasteiger partial charge in [0.1, 0.15) is 11.6 Å². The van der Waals surface area contributed by atoms with E-state index in [0.29, 0.717) is 17.8 Å². The molecule has 0 atom stereocenters. The molecule has 6 nitrogen and oxygen atoms in total. The molecule has 0 saturated carbocycles. The number of hydrogen-bond acceptors (Lipinski definition) is 5. The number of hydrogen-bond donors (Lipinski definition) is 1. The maximum absolute atomic E-state index is 12.6. The molecule has 6 heteroatoms. The quantitative estimate of drug-likeness (QED) is 0.833. The van der Waals surface area contributed by atoms with Crippen molar-refractivity contribution >= 4 is 11.4 Å². The smallest absolute Gasteiger partial charge is 0.281 e. The van der Waals surface area contributed by atoms with Gasteiger partial charge in [-0.05, 0) is 32.4 Å². The van der Waals surface area contributed by atoms with Gasteiger partial charge in [0.15, 0.2) is 5.69 Å². The first-order valence-electron chi connectivity index (χ1n) is 7.84. The van der Waals surface area contributed by atoms with Crippen LogP contribution in [0.1, 0.15) is 36.5 Å². The van der Waals surface area contributed by atoms with Gasteiger partial charge in [-0.25, -0.2) is 0 Å². The molecule has 1 aromatic carbocycles. The minimum atomic E-state index is -0.437. The fraction of sp³-hybridized carbons (Fsp3) is 0.333. The zero-order valence-electron chi connectivity index (χ0n) is 14.1. The van der Waals surface area contributed by atoms with Gasteiger partial charge in [0.25, 0.3) is 5.56 Å². The van der Waals surface area contributed by atoms with Crippen LogP contribution in [0.2, 0.25) is 0 Å². The molecule has 0 aliphatic heterocycles. The van der Waals surface area contributed by atoms with Crippen molar-refractivity contribution in [3.05, 3.63) is 51.3 Å². The van der Waals surface area contributed by atoms with Crippen molar-refractivity contribution < 1.29 is 5.11 Å². The van der Waals surface area contributed by atoms with Crippen LogP contribution in [-0.2, 0) is 6.54 Å². The Labute approximate surface area is 140 Å². The molecule has 1 aromatic heterocycles. The molecule has 0 unspecified atom stereocenters. The number of benzene rings is 1. The van der Waals surface area contributed by atoms with E-state index in [1.165, 1.54) is 4.57 Å². The van der Waals surface area contributed by atoms with Crippen molar-refractivity contribution in [1.82, 2.24) is 4.57 Å². The highest BCUT2D eigenvalue weighted by Gasteiger charge is 2.18. The zero-order chi connectivity index (χ0) is 17.7. The number of aromatic hydroxyl groups is 1. The van der Waals surface area contributed by atoms with E-state index in [2.05, 4.69) is 10.2 Å². The first kappa shape index (κ1) is 17.4. The van der Waals surface area contributed by atoms with Crippen LogP contribution in [0.15, 0.2) is 39.3 Å². The Balaban J connectivity index is 2.54. The Morgan fingerprint density at radius 3 is 2.46 bits per heavy atom. The molecule has 2 aromatic rings. The minimum Gasteiger partial charge on any atom is -0.493 e. The average Bonchev–Trinajstić information content (AvgIpc) is 2.57. The third-order valence-electron chi connectivity index (χ3n) is 3.80. The van der Waals surface area contributed by atoms with Gasteiger partial charge in [-0.2, -0.15) is 10.4 Å². The van der Waals surface area contributed by atoms with Crippen LogP contribution in [0.5, 0.6) is 5.88 Å². The van der Waals surface area contributed by atoms with Crippen LogP contribution in [0.3, 0.4) is 0 Å². The summed E-state index contributed by atoms with van der Waals surface area (Å²) in [4.78, 5) is 12.6. The Hall–Kier alpha value is -2.94. The molecular weight excluding hydrogens is 304 g/mol. The predicted molar refractivity (Wildman–Crippen MR) is 92.1 cm³/mol. The highest BCUT2D eigenvalue weighted by atomic mass is 16.3. The maximum Gasteiger partial charge on any atom is 0.281 e. The van der Waals surface area contributed by atoms with Crippen molar-refractivity contribution in [1.29, 1.82) is 5.26 Å². The number of rotatable bonds is 5. The summed E-state index contributed by atoms with van der Waals surface area (Å²) in [7, 11) is 0. The number of nitriles is 1. The normalized spacial score (nSPS) is 10.9. The Morgan fingerprint density at radius 1 is 1.21 bits per heavy atom. The Bertz CT molecular complexity index is 859. The van der Waals surface area contributed by atoms with Crippen LogP contribution >= 0.6 is 0 Å². The third-order valence-corrected chi connectivity index (χ3v) is 3.80.